The van der Waals surface area contributed by atoms with E-state index in [4.69, 9.17) is 25.6 Å². The summed E-state index contributed by atoms with van der Waals surface area (Å²) in [5, 5.41) is 18.3. The van der Waals surface area contributed by atoms with Gasteiger partial charge in [0.1, 0.15) is 23.7 Å². The van der Waals surface area contributed by atoms with Gasteiger partial charge >= 0.3 is 0 Å². The van der Waals surface area contributed by atoms with E-state index in [1.54, 1.807) is 10.6 Å². The first kappa shape index (κ1) is 22.4. The summed E-state index contributed by atoms with van der Waals surface area (Å²) in [6.07, 6.45) is -0.0767. The molecule has 1 fully saturated rings. The van der Waals surface area contributed by atoms with Gasteiger partial charge in [0.25, 0.3) is 6.47 Å². The van der Waals surface area contributed by atoms with Gasteiger partial charge in [-0.2, -0.15) is 9.97 Å². The molecule has 1 saturated heterocycles. The van der Waals surface area contributed by atoms with E-state index in [0.29, 0.717) is 34.9 Å². The maximum Gasteiger partial charge on any atom is 0.293 e. The third-order valence-electron chi connectivity index (χ3n) is 5.64. The number of aliphatic hydroxyl groups excluding tert-OH is 1. The number of ether oxygens (including phenoxy) is 2. The van der Waals surface area contributed by atoms with E-state index >= 15 is 0 Å². The summed E-state index contributed by atoms with van der Waals surface area (Å²) in [4.78, 5) is 24.1. The van der Waals surface area contributed by atoms with Crippen LogP contribution >= 0.6 is 11.6 Å². The molecular weight excluding hydrogens is 440 g/mol. The third-order valence-corrected chi connectivity index (χ3v) is 5.81. The molecule has 3 aromatic rings. The van der Waals surface area contributed by atoms with Crippen LogP contribution in [0.4, 0.5) is 5.82 Å². The SMILES string of the molecule is CCc1cc([C@H]2O[C@@H](n3cnc4c(NC(CC)CC)nc(Cl)nc43)[C@H](O)[C@@H]2OC=O)no1. The van der Waals surface area contributed by atoms with Gasteiger partial charge in [-0.05, 0) is 24.4 Å². The molecule has 3 aromatic heterocycles. The lowest BCUT2D eigenvalue weighted by Crippen LogP contribution is -2.31. The highest BCUT2D eigenvalue weighted by Crippen LogP contribution is 2.41. The number of halogens is 1. The van der Waals surface area contributed by atoms with Gasteiger partial charge in [0.15, 0.2) is 29.3 Å². The number of carbonyl (C=O) groups excluding carboxylic acids is 1. The molecular formula is C20H25ClN6O5. The highest BCUT2D eigenvalue weighted by molar-refractivity contribution is 6.28. The van der Waals surface area contributed by atoms with Gasteiger partial charge in [-0.25, -0.2) is 4.98 Å². The van der Waals surface area contributed by atoms with Gasteiger partial charge in [-0.15, -0.1) is 0 Å². The number of carbonyl (C=O) groups is 1. The van der Waals surface area contributed by atoms with Crippen LogP contribution in [-0.4, -0.2) is 54.5 Å². The van der Waals surface area contributed by atoms with Crippen LogP contribution in [0.15, 0.2) is 16.9 Å². The van der Waals surface area contributed by atoms with E-state index in [2.05, 4.69) is 39.3 Å². The van der Waals surface area contributed by atoms with Crippen molar-refractivity contribution in [1.82, 2.24) is 24.7 Å². The number of nitrogens with one attached hydrogen (secondary N) is 1. The summed E-state index contributed by atoms with van der Waals surface area (Å²) in [7, 11) is 0. The molecule has 0 aromatic carbocycles. The highest BCUT2D eigenvalue weighted by atomic mass is 35.5. The van der Waals surface area contributed by atoms with Crippen molar-refractivity contribution in [1.29, 1.82) is 0 Å². The zero-order valence-corrected chi connectivity index (χ0v) is 18.7. The van der Waals surface area contributed by atoms with E-state index < -0.39 is 24.5 Å². The first-order valence-corrected chi connectivity index (χ1v) is 10.9. The minimum absolute atomic E-state index is 0.0292. The van der Waals surface area contributed by atoms with Crippen molar-refractivity contribution in [2.24, 2.45) is 0 Å². The maximum atomic E-state index is 11.1. The average molecular weight is 465 g/mol. The first-order chi connectivity index (χ1) is 15.5. The number of aryl methyl sites for hydroxylation is 1. The molecule has 4 rings (SSSR count). The Morgan fingerprint density at radius 1 is 1.34 bits per heavy atom. The van der Waals surface area contributed by atoms with Crippen molar-refractivity contribution < 1.29 is 23.9 Å². The Morgan fingerprint density at radius 2 is 2.12 bits per heavy atom. The Morgan fingerprint density at radius 3 is 2.78 bits per heavy atom. The molecule has 4 heterocycles. The summed E-state index contributed by atoms with van der Waals surface area (Å²) >= 11 is 6.19. The molecule has 0 aliphatic carbocycles. The van der Waals surface area contributed by atoms with Crippen LogP contribution in [0, 0.1) is 0 Å². The van der Waals surface area contributed by atoms with E-state index in [1.165, 1.54) is 6.33 Å². The fourth-order valence-corrected chi connectivity index (χ4v) is 3.99. The van der Waals surface area contributed by atoms with Gasteiger partial charge in [0.05, 0.1) is 6.33 Å². The summed E-state index contributed by atoms with van der Waals surface area (Å²) in [6.45, 7) is 6.34. The van der Waals surface area contributed by atoms with Gasteiger partial charge in [-0.3, -0.25) is 9.36 Å². The van der Waals surface area contributed by atoms with E-state index in [0.717, 1.165) is 12.8 Å². The zero-order valence-electron chi connectivity index (χ0n) is 17.9. The Bertz CT molecular complexity index is 1080. The largest absolute Gasteiger partial charge is 0.458 e. The number of rotatable bonds is 9. The minimum Gasteiger partial charge on any atom is -0.458 e. The lowest BCUT2D eigenvalue weighted by atomic mass is 10.1. The number of aliphatic hydroxyl groups is 1. The average Bonchev–Trinajstić information content (AvgIpc) is 3.50. The summed E-state index contributed by atoms with van der Waals surface area (Å²) in [6, 6.07) is 1.90. The molecule has 12 heteroatoms. The van der Waals surface area contributed by atoms with E-state index in [9.17, 15) is 9.90 Å². The van der Waals surface area contributed by atoms with Crippen molar-refractivity contribution in [3.05, 3.63) is 29.1 Å². The summed E-state index contributed by atoms with van der Waals surface area (Å²) in [5.41, 5.74) is 1.29. The van der Waals surface area contributed by atoms with Crippen LogP contribution < -0.4 is 5.32 Å². The first-order valence-electron chi connectivity index (χ1n) is 10.5. The van der Waals surface area contributed by atoms with Crippen molar-refractivity contribution in [2.75, 3.05) is 5.32 Å². The van der Waals surface area contributed by atoms with Gasteiger partial charge in [-0.1, -0.05) is 25.9 Å². The quantitative estimate of drug-likeness (QED) is 0.359. The number of fused-ring (bicyclic) bond motifs is 1. The fourth-order valence-electron chi connectivity index (χ4n) is 3.83. The summed E-state index contributed by atoms with van der Waals surface area (Å²) < 4.78 is 18.0. The van der Waals surface area contributed by atoms with Crippen molar-refractivity contribution in [3.63, 3.8) is 0 Å². The molecule has 4 atom stereocenters. The van der Waals surface area contributed by atoms with Gasteiger partial charge < -0.3 is 24.4 Å². The molecule has 2 N–H and O–H groups in total. The number of anilines is 1. The van der Waals surface area contributed by atoms with Crippen molar-refractivity contribution in [3.8, 4) is 0 Å². The molecule has 1 aliphatic rings. The predicted octanol–water partition coefficient (Wildman–Crippen LogP) is 2.80. The molecule has 32 heavy (non-hydrogen) atoms. The maximum absolute atomic E-state index is 11.1. The topological polar surface area (TPSA) is 137 Å². The minimum atomic E-state index is -1.21. The van der Waals surface area contributed by atoms with Crippen LogP contribution in [0.25, 0.3) is 11.2 Å². The van der Waals surface area contributed by atoms with Crippen LogP contribution in [0.3, 0.4) is 0 Å². The Balaban J connectivity index is 1.71. The molecule has 0 radical (unpaired) electrons. The van der Waals surface area contributed by atoms with Gasteiger partial charge in [0, 0.05) is 18.5 Å². The second-order valence-electron chi connectivity index (χ2n) is 7.53. The smallest absolute Gasteiger partial charge is 0.293 e. The number of hydrogen-bond donors (Lipinski definition) is 2. The lowest BCUT2D eigenvalue weighted by Gasteiger charge is -2.18. The Hall–Kier alpha value is -2.76. The Kier molecular flexibility index (Phi) is 6.58. The zero-order chi connectivity index (χ0) is 22.8. The fraction of sp³-hybridized carbons (Fsp3) is 0.550. The monoisotopic (exact) mass is 464 g/mol. The summed E-state index contributed by atoms with van der Waals surface area (Å²) in [5.74, 6) is 1.15. The van der Waals surface area contributed by atoms with Crippen molar-refractivity contribution in [2.45, 2.75) is 70.6 Å². The van der Waals surface area contributed by atoms with Gasteiger partial charge in [0.2, 0.25) is 5.28 Å². The molecule has 0 bridgehead atoms. The number of nitrogens with zero attached hydrogens (tertiary/aromatic N) is 5. The lowest BCUT2D eigenvalue weighted by molar-refractivity contribution is -0.140. The standard InChI is InChI=1S/C20H25ClN6O5/c1-4-10(5-2)23-17-13-18(25-20(21)24-17)27(8-22-13)19-14(29)16(30-9-28)15(31-19)12-7-11(6-3)32-26-12/h7-10,14-16,19,29H,4-6H2,1-3H3,(H,23,24,25)/t14-,15-,16+,19-/m1/s1. The molecule has 0 unspecified atom stereocenters. The highest BCUT2D eigenvalue weighted by Gasteiger charge is 2.49. The predicted molar refractivity (Wildman–Crippen MR) is 114 cm³/mol. The molecule has 0 amide bonds. The Labute approximate surface area is 189 Å². The van der Waals surface area contributed by atoms with E-state index in [-0.39, 0.29) is 17.8 Å². The number of hydrogen-bond acceptors (Lipinski definition) is 10. The molecule has 11 nitrogen and oxygen atoms in total. The van der Waals surface area contributed by atoms with Crippen LogP contribution in [-0.2, 0) is 20.7 Å². The van der Waals surface area contributed by atoms with Crippen LogP contribution in [0.5, 0.6) is 0 Å². The molecule has 0 saturated carbocycles. The number of imidazole rings is 1. The number of aromatic nitrogens is 5. The molecule has 1 aliphatic heterocycles. The second kappa shape index (κ2) is 9.39. The molecule has 172 valence electrons. The van der Waals surface area contributed by atoms with E-state index in [1.807, 2.05) is 6.92 Å². The van der Waals surface area contributed by atoms with Crippen LogP contribution in [0.1, 0.15) is 57.4 Å². The second-order valence-corrected chi connectivity index (χ2v) is 7.87. The van der Waals surface area contributed by atoms with Crippen LogP contribution in [0.2, 0.25) is 5.28 Å². The molecule has 0 spiro atoms. The third kappa shape index (κ3) is 4.03. The normalized spacial score (nSPS) is 23.2. The van der Waals surface area contributed by atoms with Crippen molar-refractivity contribution >= 4 is 35.1 Å².